The zero-order valence-electron chi connectivity index (χ0n) is 17.0. The summed E-state index contributed by atoms with van der Waals surface area (Å²) in [5.41, 5.74) is 2.56. The molecule has 5 rings (SSSR count). The third-order valence-corrected chi connectivity index (χ3v) is 9.18. The van der Waals surface area contributed by atoms with Crippen molar-refractivity contribution in [3.63, 3.8) is 0 Å². The van der Waals surface area contributed by atoms with Crippen molar-refractivity contribution in [2.24, 2.45) is 7.05 Å². The van der Waals surface area contributed by atoms with E-state index in [4.69, 9.17) is 0 Å². The number of nitrogens with one attached hydrogen (secondary N) is 1. The molecular weight excluding hydrogens is 525 g/mol. The number of aryl methyl sites for hydroxylation is 1. The Balaban J connectivity index is 1.57. The number of fused-ring (bicyclic) bond motifs is 1. The number of benzene rings is 1. The largest absolute Gasteiger partial charge is 0.318 e. The van der Waals surface area contributed by atoms with Crippen LogP contribution in [0.1, 0.15) is 18.9 Å². The van der Waals surface area contributed by atoms with Crippen molar-refractivity contribution in [2.75, 3.05) is 13.1 Å². The molecule has 9 heteroatoms. The van der Waals surface area contributed by atoms with Crippen molar-refractivity contribution < 1.29 is 8.42 Å². The summed E-state index contributed by atoms with van der Waals surface area (Å²) in [7, 11) is -1.90. The number of nitrogens with zero attached hydrogens (tertiary/aromatic N) is 4. The van der Waals surface area contributed by atoms with E-state index in [0.717, 1.165) is 42.4 Å². The molecule has 0 aliphatic carbocycles. The molecule has 160 valence electrons. The lowest BCUT2D eigenvalue weighted by molar-refractivity contribution is 0.343. The Labute approximate surface area is 194 Å². The van der Waals surface area contributed by atoms with Gasteiger partial charge in [-0.2, -0.15) is 5.10 Å². The van der Waals surface area contributed by atoms with Gasteiger partial charge in [0, 0.05) is 36.0 Å². The average molecular weight is 547 g/mol. The lowest BCUT2D eigenvalue weighted by Crippen LogP contribution is -2.29. The Morgan fingerprint density at radius 1 is 1.10 bits per heavy atom. The van der Waals surface area contributed by atoms with Crippen LogP contribution in [-0.4, -0.2) is 40.8 Å². The molecule has 1 aromatic carbocycles. The highest BCUT2D eigenvalue weighted by Gasteiger charge is 2.28. The van der Waals surface area contributed by atoms with Gasteiger partial charge in [-0.25, -0.2) is 13.4 Å². The standard InChI is InChI=1S/C22H22IN5O2S/c1-27-21-19(20(23)22(27)31(29,30)18-5-3-2-4-6-18)11-15(12-25-21)16-13-26-28(14-16)17-7-9-24-10-8-17/h2-6,11-14,17,24H,7-10H2,1H3. The van der Waals surface area contributed by atoms with E-state index in [1.54, 1.807) is 42.1 Å². The quantitative estimate of drug-likeness (QED) is 0.394. The molecule has 0 radical (unpaired) electrons. The van der Waals surface area contributed by atoms with Gasteiger partial charge in [-0.1, -0.05) is 18.2 Å². The van der Waals surface area contributed by atoms with Crippen molar-refractivity contribution in [1.29, 1.82) is 0 Å². The molecule has 1 N–H and O–H groups in total. The minimum atomic E-state index is -3.66. The van der Waals surface area contributed by atoms with E-state index in [-0.39, 0.29) is 9.92 Å². The van der Waals surface area contributed by atoms with Gasteiger partial charge in [0.1, 0.15) is 5.65 Å². The van der Waals surface area contributed by atoms with Crippen molar-refractivity contribution in [2.45, 2.75) is 28.8 Å². The van der Waals surface area contributed by atoms with E-state index in [2.05, 4.69) is 44.2 Å². The molecule has 0 amide bonds. The van der Waals surface area contributed by atoms with E-state index >= 15 is 0 Å². The Morgan fingerprint density at radius 2 is 1.84 bits per heavy atom. The van der Waals surface area contributed by atoms with Crippen molar-refractivity contribution in [3.8, 4) is 11.1 Å². The van der Waals surface area contributed by atoms with Crippen molar-refractivity contribution >= 4 is 43.5 Å². The van der Waals surface area contributed by atoms with E-state index in [9.17, 15) is 8.42 Å². The van der Waals surface area contributed by atoms with Crippen LogP contribution in [0.4, 0.5) is 0 Å². The predicted molar refractivity (Wildman–Crippen MR) is 128 cm³/mol. The molecule has 0 atom stereocenters. The molecule has 0 spiro atoms. The second-order valence-corrected chi connectivity index (χ2v) is 10.7. The molecular formula is C22H22IN5O2S. The molecule has 1 aliphatic rings. The molecule has 1 saturated heterocycles. The van der Waals surface area contributed by atoms with Crippen LogP contribution in [0.3, 0.4) is 0 Å². The van der Waals surface area contributed by atoms with E-state index in [1.165, 1.54) is 0 Å². The highest BCUT2D eigenvalue weighted by Crippen LogP contribution is 2.34. The first-order valence-electron chi connectivity index (χ1n) is 10.2. The summed E-state index contributed by atoms with van der Waals surface area (Å²) in [6.45, 7) is 2.02. The molecule has 0 unspecified atom stereocenters. The highest BCUT2D eigenvalue weighted by molar-refractivity contribution is 14.1. The summed E-state index contributed by atoms with van der Waals surface area (Å²) in [5.74, 6) is 0. The van der Waals surface area contributed by atoms with Crippen LogP contribution in [-0.2, 0) is 16.9 Å². The highest BCUT2D eigenvalue weighted by atomic mass is 127. The Bertz CT molecular complexity index is 1360. The first-order valence-corrected chi connectivity index (χ1v) is 12.7. The number of hydrogen-bond donors (Lipinski definition) is 1. The van der Waals surface area contributed by atoms with Gasteiger partial charge in [0.15, 0.2) is 5.03 Å². The zero-order valence-corrected chi connectivity index (χ0v) is 20.0. The molecule has 1 aliphatic heterocycles. The van der Waals surface area contributed by atoms with Gasteiger partial charge in [0.05, 0.1) is 20.7 Å². The monoisotopic (exact) mass is 547 g/mol. The van der Waals surface area contributed by atoms with Gasteiger partial charge in [-0.3, -0.25) is 4.68 Å². The van der Waals surface area contributed by atoms with Gasteiger partial charge < -0.3 is 9.88 Å². The molecule has 7 nitrogen and oxygen atoms in total. The van der Waals surface area contributed by atoms with Gasteiger partial charge in [0.2, 0.25) is 9.84 Å². The summed E-state index contributed by atoms with van der Waals surface area (Å²) in [6.07, 6.45) is 7.85. The maximum absolute atomic E-state index is 13.3. The predicted octanol–water partition coefficient (Wildman–Crippen LogP) is 3.80. The minimum absolute atomic E-state index is 0.268. The molecule has 0 saturated carbocycles. The van der Waals surface area contributed by atoms with E-state index < -0.39 is 9.84 Å². The van der Waals surface area contributed by atoms with Crippen LogP contribution < -0.4 is 5.32 Å². The zero-order chi connectivity index (χ0) is 21.6. The van der Waals surface area contributed by atoms with Crippen molar-refractivity contribution in [3.05, 3.63) is 58.6 Å². The summed E-state index contributed by atoms with van der Waals surface area (Å²) in [6, 6.07) is 10.9. The second kappa shape index (κ2) is 8.03. The van der Waals surface area contributed by atoms with Crippen LogP contribution in [0.15, 0.2) is 64.9 Å². The fraction of sp³-hybridized carbons (Fsp3) is 0.273. The van der Waals surface area contributed by atoms with Crippen LogP contribution in [0.2, 0.25) is 0 Å². The van der Waals surface area contributed by atoms with E-state index in [0.29, 0.717) is 15.3 Å². The third-order valence-electron chi connectivity index (χ3n) is 5.84. The second-order valence-electron chi connectivity index (χ2n) is 7.78. The number of pyridine rings is 1. The fourth-order valence-corrected chi connectivity index (χ4v) is 7.33. The number of halogens is 1. The summed E-state index contributed by atoms with van der Waals surface area (Å²) < 4.78 is 31.0. The lowest BCUT2D eigenvalue weighted by Gasteiger charge is -2.22. The van der Waals surface area contributed by atoms with Crippen molar-refractivity contribution in [1.82, 2.24) is 24.6 Å². The number of rotatable bonds is 4. The third kappa shape index (κ3) is 3.58. The summed E-state index contributed by atoms with van der Waals surface area (Å²) >= 11 is 2.12. The Kier molecular flexibility index (Phi) is 5.35. The Hall–Kier alpha value is -2.24. The smallest absolute Gasteiger partial charge is 0.223 e. The maximum atomic E-state index is 13.3. The van der Waals surface area contributed by atoms with Crippen LogP contribution in [0.5, 0.6) is 0 Å². The molecule has 1 fully saturated rings. The number of sulfone groups is 1. The molecule has 3 aromatic heterocycles. The number of hydrogen-bond acceptors (Lipinski definition) is 5. The average Bonchev–Trinajstić information content (AvgIpc) is 3.39. The van der Waals surface area contributed by atoms with Crippen LogP contribution in [0.25, 0.3) is 22.2 Å². The topological polar surface area (TPSA) is 81.8 Å². The SMILES string of the molecule is Cn1c(S(=O)(=O)c2ccccc2)c(I)c2cc(-c3cnn(C4CCNCC4)c3)cnc21. The van der Waals surface area contributed by atoms with Gasteiger partial charge in [-0.15, -0.1) is 0 Å². The Morgan fingerprint density at radius 3 is 2.58 bits per heavy atom. The number of piperidine rings is 1. The number of aromatic nitrogens is 4. The van der Waals surface area contributed by atoms with Crippen LogP contribution in [0, 0.1) is 3.57 Å². The summed E-state index contributed by atoms with van der Waals surface area (Å²) in [5, 5.41) is 9.05. The molecule has 4 aromatic rings. The van der Waals surface area contributed by atoms with E-state index in [1.807, 2.05) is 23.0 Å². The first-order chi connectivity index (χ1) is 15.0. The molecule has 0 bridgehead atoms. The minimum Gasteiger partial charge on any atom is -0.318 e. The first kappa shape index (κ1) is 20.7. The lowest BCUT2D eigenvalue weighted by atomic mass is 10.1. The van der Waals surface area contributed by atoms with Gasteiger partial charge >= 0.3 is 0 Å². The van der Waals surface area contributed by atoms with Crippen LogP contribution >= 0.6 is 22.6 Å². The molecule has 31 heavy (non-hydrogen) atoms. The molecule has 4 heterocycles. The fourth-order valence-electron chi connectivity index (χ4n) is 4.17. The maximum Gasteiger partial charge on any atom is 0.223 e. The van der Waals surface area contributed by atoms with Gasteiger partial charge in [-0.05, 0) is 66.7 Å². The van der Waals surface area contributed by atoms with Gasteiger partial charge in [0.25, 0.3) is 0 Å². The summed E-state index contributed by atoms with van der Waals surface area (Å²) in [4.78, 5) is 4.89. The normalized spacial score (nSPS) is 15.5.